The average Bonchev–Trinajstić information content (AvgIpc) is 3.32. The molecular weight excluding hydrogens is 314 g/mol. The van der Waals surface area contributed by atoms with Crippen molar-refractivity contribution in [1.82, 2.24) is 15.4 Å². The molecule has 1 aromatic carbocycles. The zero-order valence-corrected chi connectivity index (χ0v) is 14.8. The Labute approximate surface area is 148 Å². The van der Waals surface area contributed by atoms with Crippen molar-refractivity contribution in [1.29, 1.82) is 0 Å². The van der Waals surface area contributed by atoms with E-state index >= 15 is 0 Å². The number of fused-ring (bicyclic) bond motifs is 1. The fourth-order valence-corrected chi connectivity index (χ4v) is 4.04. The summed E-state index contributed by atoms with van der Waals surface area (Å²) in [7, 11) is 1.86. The van der Waals surface area contributed by atoms with Crippen LogP contribution in [-0.2, 0) is 19.4 Å². The lowest BCUT2D eigenvalue weighted by atomic mass is 9.92. The molecule has 1 aliphatic heterocycles. The number of amides is 1. The topological polar surface area (TPSA) is 58.4 Å². The molecule has 1 N–H and O–H groups in total. The average molecular weight is 339 g/mol. The molecule has 25 heavy (non-hydrogen) atoms. The van der Waals surface area contributed by atoms with E-state index in [9.17, 15) is 4.79 Å². The molecule has 5 heteroatoms. The molecule has 5 nitrogen and oxygen atoms in total. The van der Waals surface area contributed by atoms with Gasteiger partial charge in [-0.25, -0.2) is 0 Å². The Bertz CT molecular complexity index is 762. The van der Waals surface area contributed by atoms with Gasteiger partial charge in [-0.05, 0) is 49.8 Å². The zero-order chi connectivity index (χ0) is 17.2. The largest absolute Gasteiger partial charge is 0.361 e. The maximum absolute atomic E-state index is 13.1. The number of nitrogens with one attached hydrogen (secondary N) is 1. The number of aryl methyl sites for hydroxylation is 1. The molecule has 1 aliphatic carbocycles. The van der Waals surface area contributed by atoms with Gasteiger partial charge in [-0.1, -0.05) is 23.4 Å². The van der Waals surface area contributed by atoms with Crippen molar-refractivity contribution >= 4 is 5.91 Å². The highest BCUT2D eigenvalue weighted by molar-refractivity contribution is 5.95. The highest BCUT2D eigenvalue weighted by atomic mass is 16.5. The van der Waals surface area contributed by atoms with E-state index in [1.165, 1.54) is 18.4 Å². The Morgan fingerprint density at radius 1 is 1.32 bits per heavy atom. The summed E-state index contributed by atoms with van der Waals surface area (Å²) >= 11 is 0. The number of hydrogen-bond acceptors (Lipinski definition) is 4. The smallest absolute Gasteiger partial charge is 0.254 e. The van der Waals surface area contributed by atoms with Gasteiger partial charge in [0.25, 0.3) is 5.91 Å². The second-order valence-corrected chi connectivity index (χ2v) is 7.18. The Morgan fingerprint density at radius 3 is 3.00 bits per heavy atom. The molecule has 0 spiro atoms. The normalized spacial score (nSPS) is 19.6. The van der Waals surface area contributed by atoms with Gasteiger partial charge < -0.3 is 14.7 Å². The number of carbonyl (C=O) groups is 1. The van der Waals surface area contributed by atoms with E-state index in [2.05, 4.69) is 16.5 Å². The molecule has 4 rings (SSSR count). The Morgan fingerprint density at radius 2 is 2.16 bits per heavy atom. The summed E-state index contributed by atoms with van der Waals surface area (Å²) in [6, 6.07) is 8.02. The van der Waals surface area contributed by atoms with Crippen molar-refractivity contribution in [2.45, 2.75) is 44.6 Å². The predicted octanol–water partition coefficient (Wildman–Crippen LogP) is 2.90. The standard InChI is InChI=1S/C20H25N3O2/c1-23(13-18-17-8-4-5-9-19(17)25-22-18)20(24)16-7-3-2-6-15(16)14-10-11-21-12-14/h2-3,6-7,14,21H,4-5,8-13H2,1H3/t14-/m1/s1. The number of rotatable bonds is 4. The summed E-state index contributed by atoms with van der Waals surface area (Å²) in [5, 5.41) is 7.62. The summed E-state index contributed by atoms with van der Waals surface area (Å²) in [5.41, 5.74) is 4.12. The number of benzene rings is 1. The molecule has 0 bridgehead atoms. The van der Waals surface area contributed by atoms with Crippen LogP contribution in [0.3, 0.4) is 0 Å². The molecule has 1 amide bonds. The van der Waals surface area contributed by atoms with Gasteiger partial charge in [-0.15, -0.1) is 0 Å². The van der Waals surface area contributed by atoms with Crippen molar-refractivity contribution in [3.8, 4) is 0 Å². The van der Waals surface area contributed by atoms with Gasteiger partial charge in [0, 0.05) is 31.1 Å². The molecule has 1 saturated heterocycles. The first-order valence-electron chi connectivity index (χ1n) is 9.25. The van der Waals surface area contributed by atoms with Crippen LogP contribution in [0.15, 0.2) is 28.8 Å². The van der Waals surface area contributed by atoms with Gasteiger partial charge in [-0.3, -0.25) is 4.79 Å². The van der Waals surface area contributed by atoms with Gasteiger partial charge in [0.1, 0.15) is 11.5 Å². The van der Waals surface area contributed by atoms with Crippen LogP contribution in [0.25, 0.3) is 0 Å². The Kier molecular flexibility index (Phi) is 4.57. The van der Waals surface area contributed by atoms with Gasteiger partial charge in [0.15, 0.2) is 0 Å². The fourth-order valence-electron chi connectivity index (χ4n) is 4.04. The van der Waals surface area contributed by atoms with Gasteiger partial charge >= 0.3 is 0 Å². The monoisotopic (exact) mass is 339 g/mol. The third kappa shape index (κ3) is 3.21. The van der Waals surface area contributed by atoms with E-state index in [1.54, 1.807) is 4.90 Å². The minimum atomic E-state index is 0.0649. The van der Waals surface area contributed by atoms with Crippen LogP contribution < -0.4 is 5.32 Å². The summed E-state index contributed by atoms with van der Waals surface area (Å²) < 4.78 is 5.48. The first-order valence-corrected chi connectivity index (χ1v) is 9.25. The maximum Gasteiger partial charge on any atom is 0.254 e. The minimum absolute atomic E-state index is 0.0649. The number of aromatic nitrogens is 1. The summed E-state index contributed by atoms with van der Waals surface area (Å²) in [6.07, 6.45) is 5.42. The lowest BCUT2D eigenvalue weighted by Crippen LogP contribution is -2.28. The van der Waals surface area contributed by atoms with Gasteiger partial charge in [0.2, 0.25) is 0 Å². The molecule has 2 heterocycles. The van der Waals surface area contributed by atoms with Crippen LogP contribution in [-0.4, -0.2) is 36.1 Å². The number of hydrogen-bond donors (Lipinski definition) is 1. The summed E-state index contributed by atoms with van der Waals surface area (Å²) in [4.78, 5) is 14.8. The summed E-state index contributed by atoms with van der Waals surface area (Å²) in [6.45, 7) is 2.48. The van der Waals surface area contributed by atoms with Crippen molar-refractivity contribution in [3.05, 3.63) is 52.4 Å². The number of carbonyl (C=O) groups excluding carboxylic acids is 1. The van der Waals surface area contributed by atoms with E-state index in [4.69, 9.17) is 4.52 Å². The fraction of sp³-hybridized carbons (Fsp3) is 0.500. The van der Waals surface area contributed by atoms with Crippen LogP contribution in [0.5, 0.6) is 0 Å². The van der Waals surface area contributed by atoms with E-state index in [0.717, 1.165) is 54.9 Å². The van der Waals surface area contributed by atoms with E-state index in [1.807, 2.05) is 25.2 Å². The van der Waals surface area contributed by atoms with E-state index in [-0.39, 0.29) is 5.91 Å². The molecule has 1 aromatic heterocycles. The molecule has 0 saturated carbocycles. The van der Waals surface area contributed by atoms with Crippen LogP contribution >= 0.6 is 0 Å². The lowest BCUT2D eigenvalue weighted by Gasteiger charge is -2.21. The van der Waals surface area contributed by atoms with Crippen molar-refractivity contribution in [2.75, 3.05) is 20.1 Å². The van der Waals surface area contributed by atoms with Gasteiger partial charge in [0.05, 0.1) is 6.54 Å². The molecule has 0 radical (unpaired) electrons. The number of nitrogens with zero attached hydrogens (tertiary/aromatic N) is 2. The molecule has 1 fully saturated rings. The molecule has 2 aromatic rings. The molecule has 0 unspecified atom stereocenters. The second-order valence-electron chi connectivity index (χ2n) is 7.18. The third-order valence-corrected chi connectivity index (χ3v) is 5.46. The quantitative estimate of drug-likeness (QED) is 0.930. The summed E-state index contributed by atoms with van der Waals surface area (Å²) in [5.74, 6) is 1.50. The predicted molar refractivity (Wildman–Crippen MR) is 95.6 cm³/mol. The third-order valence-electron chi connectivity index (χ3n) is 5.46. The zero-order valence-electron chi connectivity index (χ0n) is 14.8. The van der Waals surface area contributed by atoms with Crippen LogP contribution in [0.1, 0.15) is 58.1 Å². The molecule has 132 valence electrons. The first kappa shape index (κ1) is 16.3. The highest BCUT2D eigenvalue weighted by Gasteiger charge is 2.25. The molecular formula is C20H25N3O2. The van der Waals surface area contributed by atoms with E-state index in [0.29, 0.717) is 12.5 Å². The highest BCUT2D eigenvalue weighted by Crippen LogP contribution is 2.28. The van der Waals surface area contributed by atoms with Crippen molar-refractivity contribution < 1.29 is 9.32 Å². The first-order chi connectivity index (χ1) is 12.2. The SMILES string of the molecule is CN(Cc1noc2c1CCCC2)C(=O)c1ccccc1[C@@H]1CCNC1. The molecule has 1 atom stereocenters. The molecule has 2 aliphatic rings. The Balaban J connectivity index is 1.54. The van der Waals surface area contributed by atoms with Crippen molar-refractivity contribution in [2.24, 2.45) is 0 Å². The minimum Gasteiger partial charge on any atom is -0.361 e. The maximum atomic E-state index is 13.1. The lowest BCUT2D eigenvalue weighted by molar-refractivity contribution is 0.0780. The van der Waals surface area contributed by atoms with E-state index < -0.39 is 0 Å². The van der Waals surface area contributed by atoms with Crippen LogP contribution in [0.4, 0.5) is 0 Å². The Hall–Kier alpha value is -2.14. The van der Waals surface area contributed by atoms with Crippen LogP contribution in [0, 0.1) is 0 Å². The van der Waals surface area contributed by atoms with Crippen LogP contribution in [0.2, 0.25) is 0 Å². The van der Waals surface area contributed by atoms with Gasteiger partial charge in [-0.2, -0.15) is 0 Å². The second kappa shape index (κ2) is 7.00. The van der Waals surface area contributed by atoms with Crippen molar-refractivity contribution in [3.63, 3.8) is 0 Å².